The zero-order valence-electron chi connectivity index (χ0n) is 7.37. The molecule has 1 heterocycles. The van der Waals surface area contributed by atoms with Gasteiger partial charge in [0.2, 0.25) is 0 Å². The van der Waals surface area contributed by atoms with Gasteiger partial charge in [0.05, 0.1) is 10.6 Å². The normalized spacial score (nSPS) is 27.5. The van der Waals surface area contributed by atoms with Crippen LogP contribution in [0, 0.1) is 12.8 Å². The molecular weight excluding hydrogens is 170 g/mol. The molecule has 1 saturated carbocycles. The zero-order valence-corrected chi connectivity index (χ0v) is 8.19. The van der Waals surface area contributed by atoms with E-state index in [9.17, 15) is 0 Å². The highest BCUT2D eigenvalue weighted by Crippen LogP contribution is 2.29. The van der Waals surface area contributed by atoms with E-state index in [0.717, 1.165) is 24.2 Å². The Morgan fingerprint density at radius 3 is 2.92 bits per heavy atom. The number of nitrogens with zero attached hydrogens (tertiary/aromatic N) is 2. The molecule has 2 rings (SSSR count). The van der Waals surface area contributed by atoms with E-state index >= 15 is 0 Å². The number of hydrogen-bond acceptors (Lipinski definition) is 4. The van der Waals surface area contributed by atoms with Crippen LogP contribution < -0.4 is 5.32 Å². The van der Waals surface area contributed by atoms with E-state index < -0.39 is 0 Å². The molecule has 2 unspecified atom stereocenters. The van der Waals surface area contributed by atoms with Gasteiger partial charge in [-0.1, -0.05) is 11.4 Å². The Hall–Kier alpha value is -0.480. The molecule has 0 aromatic carbocycles. The number of nitrogens with one attached hydrogen (secondary N) is 1. The van der Waals surface area contributed by atoms with E-state index in [0.29, 0.717) is 0 Å². The van der Waals surface area contributed by atoms with Crippen LogP contribution in [0.4, 0.5) is 0 Å². The molecule has 1 aliphatic carbocycles. The van der Waals surface area contributed by atoms with Gasteiger partial charge in [0.15, 0.2) is 0 Å². The van der Waals surface area contributed by atoms with Crippen LogP contribution in [-0.4, -0.2) is 15.6 Å². The van der Waals surface area contributed by atoms with Gasteiger partial charge in [0.25, 0.3) is 0 Å². The minimum absolute atomic E-state index is 0.742. The first-order valence-corrected chi connectivity index (χ1v) is 5.06. The molecule has 2 atom stereocenters. The minimum atomic E-state index is 0.742. The van der Waals surface area contributed by atoms with Crippen molar-refractivity contribution < 1.29 is 0 Å². The summed E-state index contributed by atoms with van der Waals surface area (Å²) in [7, 11) is 0. The summed E-state index contributed by atoms with van der Waals surface area (Å²) in [6.07, 6.45) is 1.32. The van der Waals surface area contributed by atoms with Crippen molar-refractivity contribution in [3.63, 3.8) is 0 Å². The van der Waals surface area contributed by atoms with Crippen molar-refractivity contribution in [3.8, 4) is 0 Å². The van der Waals surface area contributed by atoms with Crippen molar-refractivity contribution in [3.05, 3.63) is 10.6 Å². The molecule has 12 heavy (non-hydrogen) atoms. The molecule has 1 aromatic rings. The summed E-state index contributed by atoms with van der Waals surface area (Å²) >= 11 is 1.50. The van der Waals surface area contributed by atoms with Crippen LogP contribution in [0.3, 0.4) is 0 Å². The number of aryl methyl sites for hydroxylation is 1. The van der Waals surface area contributed by atoms with E-state index in [1.165, 1.54) is 22.8 Å². The zero-order chi connectivity index (χ0) is 8.55. The molecule has 1 aromatic heterocycles. The number of rotatable bonds is 3. The standard InChI is InChI=1S/C8H13N3S/c1-5-3-7(5)9-4-8-6(2)10-11-12-8/h5,7,9H,3-4H2,1-2H3. The summed E-state index contributed by atoms with van der Waals surface area (Å²) < 4.78 is 3.89. The third kappa shape index (κ3) is 1.64. The van der Waals surface area contributed by atoms with Crippen LogP contribution in [-0.2, 0) is 6.54 Å². The number of hydrogen-bond donors (Lipinski definition) is 1. The molecular formula is C8H13N3S. The molecule has 0 bridgehead atoms. The van der Waals surface area contributed by atoms with Crippen molar-refractivity contribution in [2.45, 2.75) is 32.9 Å². The van der Waals surface area contributed by atoms with Crippen molar-refractivity contribution in [2.24, 2.45) is 5.92 Å². The van der Waals surface area contributed by atoms with E-state index in [4.69, 9.17) is 0 Å². The van der Waals surface area contributed by atoms with Crippen LogP contribution in [0.2, 0.25) is 0 Å². The number of aromatic nitrogens is 2. The highest BCUT2D eigenvalue weighted by Gasteiger charge is 2.31. The van der Waals surface area contributed by atoms with Crippen molar-refractivity contribution in [1.82, 2.24) is 14.9 Å². The fourth-order valence-electron chi connectivity index (χ4n) is 1.24. The molecule has 3 nitrogen and oxygen atoms in total. The van der Waals surface area contributed by atoms with Crippen LogP contribution in [0.1, 0.15) is 23.9 Å². The Bertz CT molecular complexity index is 271. The topological polar surface area (TPSA) is 37.8 Å². The lowest BCUT2D eigenvalue weighted by Crippen LogP contribution is -2.16. The first-order chi connectivity index (χ1) is 5.77. The fraction of sp³-hybridized carbons (Fsp3) is 0.750. The Morgan fingerprint density at radius 1 is 1.67 bits per heavy atom. The molecule has 1 N–H and O–H groups in total. The summed E-state index contributed by atoms with van der Waals surface area (Å²) in [5, 5.41) is 7.44. The lowest BCUT2D eigenvalue weighted by Gasteiger charge is -1.99. The quantitative estimate of drug-likeness (QED) is 0.768. The van der Waals surface area contributed by atoms with Crippen molar-refractivity contribution >= 4 is 11.5 Å². The Balaban J connectivity index is 1.84. The highest BCUT2D eigenvalue weighted by molar-refractivity contribution is 7.05. The van der Waals surface area contributed by atoms with Gasteiger partial charge in [-0.3, -0.25) is 0 Å². The summed E-state index contributed by atoms with van der Waals surface area (Å²) in [4.78, 5) is 1.27. The van der Waals surface area contributed by atoms with Gasteiger partial charge in [0, 0.05) is 12.6 Å². The van der Waals surface area contributed by atoms with Crippen LogP contribution in [0.15, 0.2) is 0 Å². The molecule has 0 radical (unpaired) electrons. The van der Waals surface area contributed by atoms with Gasteiger partial charge in [0.1, 0.15) is 0 Å². The van der Waals surface area contributed by atoms with Crippen LogP contribution in [0.5, 0.6) is 0 Å². The maximum absolute atomic E-state index is 3.96. The van der Waals surface area contributed by atoms with Gasteiger partial charge in [-0.25, -0.2) is 0 Å². The molecule has 0 aliphatic heterocycles. The largest absolute Gasteiger partial charge is 0.309 e. The Kier molecular flexibility index (Phi) is 2.11. The second-order valence-corrected chi connectivity index (χ2v) is 4.32. The lowest BCUT2D eigenvalue weighted by molar-refractivity contribution is 0.655. The molecule has 0 spiro atoms. The average Bonchev–Trinajstić information content (AvgIpc) is 2.57. The first-order valence-electron chi connectivity index (χ1n) is 4.28. The Labute approximate surface area is 76.4 Å². The molecule has 66 valence electrons. The molecule has 1 fully saturated rings. The minimum Gasteiger partial charge on any atom is -0.309 e. The molecule has 1 aliphatic rings. The maximum atomic E-state index is 3.96. The van der Waals surface area contributed by atoms with Gasteiger partial charge in [-0.15, -0.1) is 5.10 Å². The molecule has 0 saturated heterocycles. The van der Waals surface area contributed by atoms with Crippen LogP contribution in [0.25, 0.3) is 0 Å². The lowest BCUT2D eigenvalue weighted by atomic mass is 10.4. The van der Waals surface area contributed by atoms with Gasteiger partial charge in [-0.2, -0.15) is 0 Å². The van der Waals surface area contributed by atoms with Crippen molar-refractivity contribution in [2.75, 3.05) is 0 Å². The smallest absolute Gasteiger partial charge is 0.0769 e. The Morgan fingerprint density at radius 2 is 2.42 bits per heavy atom. The highest BCUT2D eigenvalue weighted by atomic mass is 32.1. The van der Waals surface area contributed by atoms with E-state index in [2.05, 4.69) is 21.8 Å². The van der Waals surface area contributed by atoms with E-state index in [1.807, 2.05) is 6.92 Å². The average molecular weight is 183 g/mol. The van der Waals surface area contributed by atoms with Gasteiger partial charge >= 0.3 is 0 Å². The maximum Gasteiger partial charge on any atom is 0.0769 e. The van der Waals surface area contributed by atoms with Crippen LogP contribution >= 0.6 is 11.5 Å². The molecule has 0 amide bonds. The third-order valence-corrected chi connectivity index (χ3v) is 3.20. The fourth-order valence-corrected chi connectivity index (χ4v) is 1.83. The summed E-state index contributed by atoms with van der Waals surface area (Å²) in [5.41, 5.74) is 1.07. The van der Waals surface area contributed by atoms with E-state index in [-0.39, 0.29) is 0 Å². The van der Waals surface area contributed by atoms with Crippen molar-refractivity contribution in [1.29, 1.82) is 0 Å². The summed E-state index contributed by atoms with van der Waals surface area (Å²) in [5.74, 6) is 0.867. The second-order valence-electron chi connectivity index (χ2n) is 3.48. The predicted molar refractivity (Wildman–Crippen MR) is 49.1 cm³/mol. The van der Waals surface area contributed by atoms with E-state index in [1.54, 1.807) is 0 Å². The summed E-state index contributed by atoms with van der Waals surface area (Å²) in [6.45, 7) is 5.23. The SMILES string of the molecule is Cc1nnsc1CNC1CC1C. The predicted octanol–water partition coefficient (Wildman–Crippen LogP) is 1.34. The van der Waals surface area contributed by atoms with Gasteiger partial charge < -0.3 is 5.32 Å². The monoisotopic (exact) mass is 183 g/mol. The third-order valence-electron chi connectivity index (χ3n) is 2.38. The first kappa shape index (κ1) is 8.13. The molecule has 4 heteroatoms. The second kappa shape index (κ2) is 3.11. The summed E-state index contributed by atoms with van der Waals surface area (Å²) in [6, 6.07) is 0.742. The van der Waals surface area contributed by atoms with Gasteiger partial charge in [-0.05, 0) is 30.8 Å².